The molecular weight excluding hydrogens is 363 g/mol. The molecule has 0 spiro atoms. The number of piperidine rings is 1. The Labute approximate surface area is 171 Å². The van der Waals surface area contributed by atoms with E-state index in [0.717, 1.165) is 55.1 Å². The summed E-state index contributed by atoms with van der Waals surface area (Å²) in [4.78, 5) is 14.9. The molecule has 2 aromatic carbocycles. The third-order valence-corrected chi connectivity index (χ3v) is 6.42. The SMILES string of the molecule is Cc1nc2ccccc2nc1CN1C[C@H]2CC[C@@H]1CN(Cc1ccc(F)cc1)C2. The summed E-state index contributed by atoms with van der Waals surface area (Å²) >= 11 is 0. The summed E-state index contributed by atoms with van der Waals surface area (Å²) in [6, 6.07) is 15.6. The fraction of sp³-hybridized carbons (Fsp3) is 0.417. The van der Waals surface area contributed by atoms with Crippen molar-refractivity contribution in [1.82, 2.24) is 19.8 Å². The van der Waals surface area contributed by atoms with Crippen LogP contribution in [0.5, 0.6) is 0 Å². The van der Waals surface area contributed by atoms with Gasteiger partial charge in [0.25, 0.3) is 0 Å². The molecule has 3 aliphatic rings. The predicted octanol–water partition coefficient (Wildman–Crippen LogP) is 4.17. The molecule has 5 heteroatoms. The van der Waals surface area contributed by atoms with Crippen LogP contribution in [0.1, 0.15) is 29.8 Å². The number of benzene rings is 2. The average molecular weight is 391 g/mol. The molecule has 1 aromatic heterocycles. The summed E-state index contributed by atoms with van der Waals surface area (Å²) in [6.07, 6.45) is 2.54. The van der Waals surface area contributed by atoms with E-state index in [-0.39, 0.29) is 5.82 Å². The molecular formula is C24H27FN4. The van der Waals surface area contributed by atoms with Gasteiger partial charge in [0.15, 0.2) is 0 Å². The number of aryl methyl sites for hydroxylation is 1. The Balaban J connectivity index is 1.32. The van der Waals surface area contributed by atoms with E-state index in [1.165, 1.54) is 18.4 Å². The van der Waals surface area contributed by atoms with E-state index in [9.17, 15) is 4.39 Å². The van der Waals surface area contributed by atoms with Crippen molar-refractivity contribution in [3.63, 3.8) is 0 Å². The quantitative estimate of drug-likeness (QED) is 0.669. The highest BCUT2D eigenvalue weighted by atomic mass is 19.1. The average Bonchev–Trinajstić information content (AvgIpc) is 3.01. The molecule has 0 amide bonds. The monoisotopic (exact) mass is 390 g/mol. The van der Waals surface area contributed by atoms with Crippen LogP contribution in [0.15, 0.2) is 48.5 Å². The Morgan fingerprint density at radius 3 is 2.45 bits per heavy atom. The minimum Gasteiger partial charge on any atom is -0.297 e. The van der Waals surface area contributed by atoms with Gasteiger partial charge in [-0.2, -0.15) is 0 Å². The fourth-order valence-electron chi connectivity index (χ4n) is 4.91. The van der Waals surface area contributed by atoms with Gasteiger partial charge in [0.1, 0.15) is 5.82 Å². The highest BCUT2D eigenvalue weighted by Crippen LogP contribution is 2.30. The van der Waals surface area contributed by atoms with Gasteiger partial charge < -0.3 is 0 Å². The van der Waals surface area contributed by atoms with Gasteiger partial charge in [0.2, 0.25) is 0 Å². The minimum atomic E-state index is -0.164. The van der Waals surface area contributed by atoms with Crippen molar-refractivity contribution in [2.75, 3.05) is 19.6 Å². The standard InChI is InChI=1S/C24H27FN4/c1-17-24(27-23-5-3-2-4-22(23)26-17)16-29-14-19-8-11-21(29)15-28(13-19)12-18-6-9-20(25)10-7-18/h2-7,9-10,19,21H,8,11-16H2,1H3/t19-,21+/m0/s1. The van der Waals surface area contributed by atoms with Crippen molar-refractivity contribution >= 4 is 11.0 Å². The number of fused-ring (bicyclic) bond motifs is 5. The first kappa shape index (κ1) is 18.6. The van der Waals surface area contributed by atoms with Crippen LogP contribution in [0.3, 0.4) is 0 Å². The maximum Gasteiger partial charge on any atom is 0.123 e. The first-order valence-electron chi connectivity index (χ1n) is 10.6. The Kier molecular flexibility index (Phi) is 5.02. The van der Waals surface area contributed by atoms with Crippen molar-refractivity contribution in [3.8, 4) is 0 Å². The molecule has 4 nitrogen and oxygen atoms in total. The van der Waals surface area contributed by atoms with E-state index in [0.29, 0.717) is 12.0 Å². The summed E-state index contributed by atoms with van der Waals surface area (Å²) < 4.78 is 13.2. The molecule has 4 heterocycles. The Bertz CT molecular complexity index is 1000. The van der Waals surface area contributed by atoms with Crippen molar-refractivity contribution in [2.45, 2.75) is 38.9 Å². The Morgan fingerprint density at radius 1 is 0.897 bits per heavy atom. The van der Waals surface area contributed by atoms with Crippen LogP contribution in [0, 0.1) is 18.7 Å². The van der Waals surface area contributed by atoms with E-state index in [2.05, 4.69) is 16.7 Å². The molecule has 0 radical (unpaired) electrons. The lowest BCUT2D eigenvalue weighted by Gasteiger charge is -2.36. The third-order valence-electron chi connectivity index (χ3n) is 6.42. The predicted molar refractivity (Wildman–Crippen MR) is 113 cm³/mol. The Morgan fingerprint density at radius 2 is 1.66 bits per heavy atom. The first-order chi connectivity index (χ1) is 14.1. The zero-order valence-electron chi connectivity index (χ0n) is 16.9. The van der Waals surface area contributed by atoms with E-state index >= 15 is 0 Å². The van der Waals surface area contributed by atoms with E-state index in [1.54, 1.807) is 12.1 Å². The maximum absolute atomic E-state index is 13.2. The number of hydrogen-bond donors (Lipinski definition) is 0. The van der Waals surface area contributed by atoms with Crippen LogP contribution in [0.2, 0.25) is 0 Å². The van der Waals surface area contributed by atoms with Gasteiger partial charge in [-0.1, -0.05) is 24.3 Å². The molecule has 2 bridgehead atoms. The molecule has 6 rings (SSSR count). The van der Waals surface area contributed by atoms with Crippen molar-refractivity contribution < 1.29 is 4.39 Å². The number of hydrogen-bond acceptors (Lipinski definition) is 4. The van der Waals surface area contributed by atoms with Gasteiger partial charge in [0.05, 0.1) is 22.4 Å². The zero-order chi connectivity index (χ0) is 19.8. The highest BCUT2D eigenvalue weighted by Gasteiger charge is 2.35. The number of halogens is 1. The van der Waals surface area contributed by atoms with Gasteiger partial charge in [-0.3, -0.25) is 9.80 Å². The fourth-order valence-corrected chi connectivity index (χ4v) is 4.91. The molecule has 150 valence electrons. The zero-order valence-corrected chi connectivity index (χ0v) is 16.9. The summed E-state index contributed by atoms with van der Waals surface area (Å²) in [5.74, 6) is 0.519. The lowest BCUT2D eigenvalue weighted by molar-refractivity contribution is 0.121. The Hall–Kier alpha value is -2.37. The van der Waals surface area contributed by atoms with Crippen molar-refractivity contribution in [3.05, 3.63) is 71.3 Å². The van der Waals surface area contributed by atoms with Crippen molar-refractivity contribution in [1.29, 1.82) is 0 Å². The van der Waals surface area contributed by atoms with Gasteiger partial charge in [-0.25, -0.2) is 14.4 Å². The van der Waals surface area contributed by atoms with Crippen LogP contribution in [-0.2, 0) is 13.1 Å². The third kappa shape index (κ3) is 4.02. The summed E-state index contributed by atoms with van der Waals surface area (Å²) in [7, 11) is 0. The lowest BCUT2D eigenvalue weighted by Crippen LogP contribution is -2.43. The number of aromatic nitrogens is 2. The normalized spacial score (nSPS) is 22.8. The smallest absolute Gasteiger partial charge is 0.123 e. The van der Waals surface area contributed by atoms with Gasteiger partial charge in [0, 0.05) is 38.8 Å². The van der Waals surface area contributed by atoms with Crippen molar-refractivity contribution in [2.24, 2.45) is 5.92 Å². The molecule has 3 fully saturated rings. The number of rotatable bonds is 4. The minimum absolute atomic E-state index is 0.164. The van der Waals surface area contributed by atoms with Gasteiger partial charge in [-0.05, 0) is 55.5 Å². The number of para-hydroxylation sites is 2. The first-order valence-corrected chi connectivity index (χ1v) is 10.6. The van der Waals surface area contributed by atoms with Crippen LogP contribution < -0.4 is 0 Å². The second kappa shape index (κ2) is 7.81. The van der Waals surface area contributed by atoms with E-state index < -0.39 is 0 Å². The molecule has 3 aliphatic heterocycles. The van der Waals surface area contributed by atoms with E-state index in [1.807, 2.05) is 36.4 Å². The van der Waals surface area contributed by atoms with Crippen LogP contribution in [0.25, 0.3) is 11.0 Å². The van der Waals surface area contributed by atoms with Gasteiger partial charge >= 0.3 is 0 Å². The van der Waals surface area contributed by atoms with Crippen LogP contribution in [-0.4, -0.2) is 45.4 Å². The largest absolute Gasteiger partial charge is 0.297 e. The number of nitrogens with zero attached hydrogens (tertiary/aromatic N) is 4. The van der Waals surface area contributed by atoms with E-state index in [4.69, 9.17) is 9.97 Å². The van der Waals surface area contributed by atoms with Crippen LogP contribution in [0.4, 0.5) is 4.39 Å². The summed E-state index contributed by atoms with van der Waals surface area (Å²) in [5.41, 5.74) is 5.27. The summed E-state index contributed by atoms with van der Waals surface area (Å²) in [5, 5.41) is 0. The van der Waals surface area contributed by atoms with Gasteiger partial charge in [-0.15, -0.1) is 0 Å². The topological polar surface area (TPSA) is 32.3 Å². The second-order valence-corrected chi connectivity index (χ2v) is 8.59. The maximum atomic E-state index is 13.2. The molecule has 3 saturated heterocycles. The summed E-state index contributed by atoms with van der Waals surface area (Å²) in [6.45, 7) is 7.15. The lowest BCUT2D eigenvalue weighted by atomic mass is 9.95. The molecule has 0 N–H and O–H groups in total. The molecule has 29 heavy (non-hydrogen) atoms. The van der Waals surface area contributed by atoms with Crippen LogP contribution >= 0.6 is 0 Å². The highest BCUT2D eigenvalue weighted by molar-refractivity contribution is 5.74. The molecule has 2 atom stereocenters. The molecule has 3 aromatic rings. The molecule has 0 unspecified atom stereocenters. The molecule has 0 saturated carbocycles. The molecule has 0 aliphatic carbocycles. The second-order valence-electron chi connectivity index (χ2n) is 8.59.